The summed E-state index contributed by atoms with van der Waals surface area (Å²) < 4.78 is 27.4. The summed E-state index contributed by atoms with van der Waals surface area (Å²) in [5, 5.41) is 8.40. The second kappa shape index (κ2) is 10.4. The maximum absolute atomic E-state index is 12.5. The van der Waals surface area contributed by atoms with Crippen LogP contribution in [0.4, 0.5) is 0 Å². The molecule has 0 aliphatic heterocycles. The van der Waals surface area contributed by atoms with Crippen LogP contribution in [-0.2, 0) is 27.6 Å². The molecule has 1 amide bonds. The van der Waals surface area contributed by atoms with E-state index in [9.17, 15) is 13.2 Å². The molecule has 6 nitrogen and oxygen atoms in total. The van der Waals surface area contributed by atoms with E-state index in [1.165, 1.54) is 6.07 Å². The lowest BCUT2D eigenvalue weighted by Gasteiger charge is -2.18. The Kier molecular flexibility index (Phi) is 7.74. The van der Waals surface area contributed by atoms with Crippen molar-refractivity contribution in [2.45, 2.75) is 36.9 Å². The van der Waals surface area contributed by atoms with Crippen LogP contribution in [0.25, 0.3) is 5.57 Å². The Hall–Kier alpha value is -1.84. The first-order chi connectivity index (χ1) is 16.1. The number of aromatic nitrogens is 2. The van der Waals surface area contributed by atoms with Crippen molar-refractivity contribution in [2.24, 2.45) is 0 Å². The fraction of sp³-hybridized carbons (Fsp3) is 0.304. The molecule has 0 radical (unpaired) electrons. The minimum atomic E-state index is -3.74. The van der Waals surface area contributed by atoms with Crippen LogP contribution in [0.1, 0.15) is 35.2 Å². The van der Waals surface area contributed by atoms with Gasteiger partial charge in [0.25, 0.3) is 0 Å². The van der Waals surface area contributed by atoms with Crippen LogP contribution in [0.5, 0.6) is 0 Å². The van der Waals surface area contributed by atoms with E-state index in [-0.39, 0.29) is 10.8 Å². The number of benzene rings is 1. The molecule has 1 aromatic carbocycles. The van der Waals surface area contributed by atoms with Crippen LogP contribution in [0.3, 0.4) is 0 Å². The highest BCUT2D eigenvalue weighted by Crippen LogP contribution is 2.32. The molecule has 0 unspecified atom stereocenters. The number of halogens is 3. The first-order valence-corrected chi connectivity index (χ1v) is 14.2. The van der Waals surface area contributed by atoms with Crippen molar-refractivity contribution >= 4 is 67.5 Å². The first kappa shape index (κ1) is 25.3. The molecule has 0 saturated heterocycles. The molecule has 2 aromatic heterocycles. The lowest BCUT2D eigenvalue weighted by Crippen LogP contribution is -2.30. The quantitative estimate of drug-likeness (QED) is 0.411. The molecule has 1 N–H and O–H groups in total. The van der Waals surface area contributed by atoms with Gasteiger partial charge in [0.15, 0.2) is 9.84 Å². The van der Waals surface area contributed by atoms with Gasteiger partial charge in [0.05, 0.1) is 22.8 Å². The fourth-order valence-electron chi connectivity index (χ4n) is 3.86. The van der Waals surface area contributed by atoms with Crippen molar-refractivity contribution in [3.05, 3.63) is 73.3 Å². The predicted molar refractivity (Wildman–Crippen MR) is 138 cm³/mol. The van der Waals surface area contributed by atoms with E-state index in [0.29, 0.717) is 26.5 Å². The molecule has 0 saturated carbocycles. The molecular formula is C23H22Cl3N3O3S2. The van der Waals surface area contributed by atoms with Gasteiger partial charge in [0.2, 0.25) is 5.91 Å². The Labute approximate surface area is 217 Å². The van der Waals surface area contributed by atoms with Gasteiger partial charge in [-0.15, -0.1) is 11.3 Å². The number of nitrogens with zero attached hydrogens (tertiary/aromatic N) is 2. The molecule has 0 bridgehead atoms. The standard InChI is InChI=1S/C23H22Cl3N3O3S2/c1-14-9-21(33-23(14)26)34(31,32)13-20(30)27-8-7-15-3-2-4-16-11-28-29(22(15)16)12-17-5-6-18(24)10-19(17)25/h5-7,9-11H,2-4,8,12-13H2,1H3,(H,27,30)/b15-7+. The summed E-state index contributed by atoms with van der Waals surface area (Å²) in [5.74, 6) is -1.18. The number of sulfone groups is 1. The number of fused-ring (bicyclic) bond motifs is 1. The Morgan fingerprint density at radius 3 is 2.74 bits per heavy atom. The van der Waals surface area contributed by atoms with Crippen molar-refractivity contribution in [3.63, 3.8) is 0 Å². The van der Waals surface area contributed by atoms with Gasteiger partial charge in [-0.3, -0.25) is 9.48 Å². The van der Waals surface area contributed by atoms with E-state index in [0.717, 1.165) is 53.0 Å². The van der Waals surface area contributed by atoms with Gasteiger partial charge in [0, 0.05) is 16.6 Å². The molecule has 34 heavy (non-hydrogen) atoms. The van der Waals surface area contributed by atoms with E-state index in [2.05, 4.69) is 10.4 Å². The smallest absolute Gasteiger partial charge is 0.235 e. The van der Waals surface area contributed by atoms with Crippen LogP contribution in [-0.4, -0.2) is 36.4 Å². The molecule has 180 valence electrons. The number of aryl methyl sites for hydroxylation is 2. The van der Waals surface area contributed by atoms with Crippen molar-refractivity contribution in [3.8, 4) is 0 Å². The van der Waals surface area contributed by atoms with Crippen LogP contribution in [0.15, 0.2) is 40.7 Å². The minimum Gasteiger partial charge on any atom is -0.352 e. The van der Waals surface area contributed by atoms with Crippen LogP contribution >= 0.6 is 46.1 Å². The Morgan fingerprint density at radius 2 is 2.03 bits per heavy atom. The number of thiophene rings is 1. The van der Waals surface area contributed by atoms with Crippen LogP contribution in [0.2, 0.25) is 14.4 Å². The largest absolute Gasteiger partial charge is 0.352 e. The lowest BCUT2D eigenvalue weighted by atomic mass is 9.92. The zero-order chi connectivity index (χ0) is 24.5. The predicted octanol–water partition coefficient (Wildman–Crippen LogP) is 5.57. The van der Waals surface area contributed by atoms with E-state index >= 15 is 0 Å². The zero-order valence-corrected chi connectivity index (χ0v) is 22.2. The number of amides is 1. The number of allylic oxidation sites excluding steroid dienone is 1. The second-order valence-electron chi connectivity index (χ2n) is 8.08. The van der Waals surface area contributed by atoms with Crippen molar-refractivity contribution < 1.29 is 13.2 Å². The van der Waals surface area contributed by atoms with Gasteiger partial charge < -0.3 is 5.32 Å². The molecular weight excluding hydrogens is 537 g/mol. The molecule has 2 heterocycles. The topological polar surface area (TPSA) is 81.1 Å². The Morgan fingerprint density at radius 1 is 1.24 bits per heavy atom. The third-order valence-corrected chi connectivity index (χ3v) is 9.88. The highest BCUT2D eigenvalue weighted by Gasteiger charge is 2.23. The van der Waals surface area contributed by atoms with Gasteiger partial charge >= 0.3 is 0 Å². The van der Waals surface area contributed by atoms with E-state index in [1.807, 2.05) is 23.0 Å². The average molecular weight is 559 g/mol. The SMILES string of the molecule is Cc1cc(S(=O)(=O)CC(=O)NC/C=C2\CCCc3cnn(Cc4ccc(Cl)cc4Cl)c32)sc1Cl. The highest BCUT2D eigenvalue weighted by atomic mass is 35.5. The minimum absolute atomic E-state index is 0.102. The number of nitrogens with one attached hydrogen (secondary N) is 1. The summed E-state index contributed by atoms with van der Waals surface area (Å²) in [7, 11) is -3.74. The van der Waals surface area contributed by atoms with Crippen molar-refractivity contribution in [1.29, 1.82) is 0 Å². The monoisotopic (exact) mass is 557 g/mol. The van der Waals surface area contributed by atoms with Crippen LogP contribution < -0.4 is 5.32 Å². The van der Waals surface area contributed by atoms with Gasteiger partial charge in [-0.05, 0) is 66.6 Å². The zero-order valence-electron chi connectivity index (χ0n) is 18.3. The molecule has 1 aliphatic rings. The first-order valence-electron chi connectivity index (χ1n) is 10.6. The van der Waals surface area contributed by atoms with Crippen LogP contribution in [0, 0.1) is 6.92 Å². The van der Waals surface area contributed by atoms with Crippen molar-refractivity contribution in [2.75, 3.05) is 12.3 Å². The molecule has 0 spiro atoms. The lowest BCUT2D eigenvalue weighted by molar-refractivity contribution is -0.118. The molecule has 0 atom stereocenters. The van der Waals surface area contributed by atoms with Gasteiger partial charge in [-0.1, -0.05) is 46.9 Å². The Bertz CT molecular complexity index is 1360. The fourth-order valence-corrected chi connectivity index (χ4v) is 7.29. The summed E-state index contributed by atoms with van der Waals surface area (Å²) in [6.45, 7) is 2.45. The number of hydrogen-bond acceptors (Lipinski definition) is 5. The third kappa shape index (κ3) is 5.69. The maximum atomic E-state index is 12.5. The highest BCUT2D eigenvalue weighted by molar-refractivity contribution is 7.94. The Balaban J connectivity index is 1.45. The molecule has 4 rings (SSSR count). The van der Waals surface area contributed by atoms with E-state index in [1.54, 1.807) is 19.1 Å². The number of carbonyl (C=O) groups is 1. The number of hydrogen-bond donors (Lipinski definition) is 1. The molecule has 11 heteroatoms. The van der Waals surface area contributed by atoms with Gasteiger partial charge in [0.1, 0.15) is 9.96 Å². The van der Waals surface area contributed by atoms with E-state index in [4.69, 9.17) is 34.8 Å². The number of rotatable bonds is 7. The van der Waals surface area contributed by atoms with Gasteiger partial charge in [-0.25, -0.2) is 8.42 Å². The second-order valence-corrected chi connectivity index (χ2v) is 12.8. The van der Waals surface area contributed by atoms with Crippen molar-refractivity contribution in [1.82, 2.24) is 15.1 Å². The summed E-state index contributed by atoms with van der Waals surface area (Å²) in [6.07, 6.45) is 6.54. The molecule has 1 aliphatic carbocycles. The number of carbonyl (C=O) groups excluding carboxylic acids is 1. The van der Waals surface area contributed by atoms with Gasteiger partial charge in [-0.2, -0.15) is 5.10 Å². The summed E-state index contributed by atoms with van der Waals surface area (Å²) in [5.41, 5.74) is 4.81. The summed E-state index contributed by atoms with van der Waals surface area (Å²) >= 11 is 19.3. The maximum Gasteiger partial charge on any atom is 0.235 e. The normalized spacial score (nSPS) is 14.9. The summed E-state index contributed by atoms with van der Waals surface area (Å²) in [4.78, 5) is 12.3. The summed E-state index contributed by atoms with van der Waals surface area (Å²) in [6, 6.07) is 6.88. The average Bonchev–Trinajstić information content (AvgIpc) is 3.34. The molecule has 3 aromatic rings. The third-order valence-electron chi connectivity index (χ3n) is 5.56. The molecule has 0 fully saturated rings. The van der Waals surface area contributed by atoms with E-state index < -0.39 is 21.5 Å².